The molecule has 0 spiro atoms. The number of aliphatic hydroxyl groups excluding tert-OH is 1. The van der Waals surface area contributed by atoms with Gasteiger partial charge in [-0.2, -0.15) is 4.31 Å². The SMILES string of the molecule is CCCCCCCCC(=O)/C=C1/CN(S(=O)(=O)c2ccc(C)cc2)CC1O. The zero-order chi connectivity index (χ0) is 19.9. The number of hydrogen-bond donors (Lipinski definition) is 1. The Morgan fingerprint density at radius 2 is 1.78 bits per heavy atom. The molecule has 150 valence electrons. The van der Waals surface area contributed by atoms with Crippen molar-refractivity contribution in [2.45, 2.75) is 69.8 Å². The van der Waals surface area contributed by atoms with Crippen molar-refractivity contribution in [3.05, 3.63) is 41.5 Å². The van der Waals surface area contributed by atoms with E-state index in [1.54, 1.807) is 24.3 Å². The molecular formula is C21H31NO4S. The number of sulfonamides is 1. The van der Waals surface area contributed by atoms with E-state index in [0.29, 0.717) is 12.0 Å². The van der Waals surface area contributed by atoms with E-state index in [9.17, 15) is 18.3 Å². The van der Waals surface area contributed by atoms with E-state index in [1.807, 2.05) is 6.92 Å². The summed E-state index contributed by atoms with van der Waals surface area (Å²) in [6, 6.07) is 6.64. The van der Waals surface area contributed by atoms with Gasteiger partial charge < -0.3 is 5.11 Å². The van der Waals surface area contributed by atoms with E-state index < -0.39 is 16.1 Å². The third-order valence-electron chi connectivity index (χ3n) is 4.95. The number of benzene rings is 1. The van der Waals surface area contributed by atoms with Crippen LogP contribution in [0.5, 0.6) is 0 Å². The van der Waals surface area contributed by atoms with Gasteiger partial charge in [0.1, 0.15) is 0 Å². The van der Waals surface area contributed by atoms with E-state index in [2.05, 4.69) is 6.92 Å². The first-order valence-electron chi connectivity index (χ1n) is 9.82. The molecule has 0 amide bonds. The van der Waals surface area contributed by atoms with Crippen LogP contribution >= 0.6 is 0 Å². The lowest BCUT2D eigenvalue weighted by Gasteiger charge is -2.15. The molecule has 1 heterocycles. The van der Waals surface area contributed by atoms with Gasteiger partial charge in [0.15, 0.2) is 5.78 Å². The lowest BCUT2D eigenvalue weighted by molar-refractivity contribution is -0.114. The normalized spacial score (nSPS) is 19.7. The van der Waals surface area contributed by atoms with Crippen LogP contribution in [0.15, 0.2) is 40.8 Å². The molecule has 1 fully saturated rings. The fourth-order valence-electron chi connectivity index (χ4n) is 3.23. The van der Waals surface area contributed by atoms with Crippen LogP contribution in [0.3, 0.4) is 0 Å². The highest BCUT2D eigenvalue weighted by atomic mass is 32.2. The van der Waals surface area contributed by atoms with E-state index in [1.165, 1.54) is 29.6 Å². The van der Waals surface area contributed by atoms with Crippen LogP contribution in [-0.4, -0.2) is 42.8 Å². The van der Waals surface area contributed by atoms with E-state index >= 15 is 0 Å². The predicted octanol–water partition coefficient (Wildman–Crippen LogP) is 3.61. The number of carbonyl (C=O) groups excluding carboxylic acids is 1. The molecule has 1 aromatic rings. The van der Waals surface area contributed by atoms with E-state index in [0.717, 1.165) is 24.8 Å². The summed E-state index contributed by atoms with van der Waals surface area (Å²) >= 11 is 0. The van der Waals surface area contributed by atoms with Crippen molar-refractivity contribution in [1.29, 1.82) is 0 Å². The second kappa shape index (κ2) is 10.2. The van der Waals surface area contributed by atoms with Crippen molar-refractivity contribution < 1.29 is 18.3 Å². The smallest absolute Gasteiger partial charge is 0.243 e. The summed E-state index contributed by atoms with van der Waals surface area (Å²) in [7, 11) is -3.67. The molecule has 0 aromatic heterocycles. The molecule has 1 aromatic carbocycles. The first-order valence-corrected chi connectivity index (χ1v) is 11.3. The Bertz CT molecular complexity index is 753. The number of hydrogen-bond acceptors (Lipinski definition) is 4. The summed E-state index contributed by atoms with van der Waals surface area (Å²) in [5, 5.41) is 10.2. The zero-order valence-corrected chi connectivity index (χ0v) is 17.2. The van der Waals surface area contributed by atoms with Gasteiger partial charge in [-0.05, 0) is 37.1 Å². The maximum Gasteiger partial charge on any atom is 0.243 e. The largest absolute Gasteiger partial charge is 0.387 e. The third kappa shape index (κ3) is 6.26. The number of ketones is 1. The average Bonchev–Trinajstić information content (AvgIpc) is 3.00. The second-order valence-electron chi connectivity index (χ2n) is 7.33. The Balaban J connectivity index is 1.92. The summed E-state index contributed by atoms with van der Waals surface area (Å²) in [5.74, 6) is -0.0332. The molecule has 1 saturated heterocycles. The molecule has 0 radical (unpaired) electrons. The molecule has 0 bridgehead atoms. The summed E-state index contributed by atoms with van der Waals surface area (Å²) in [4.78, 5) is 12.4. The minimum Gasteiger partial charge on any atom is -0.387 e. The van der Waals surface area contributed by atoms with Crippen molar-refractivity contribution in [2.24, 2.45) is 0 Å². The molecule has 6 heteroatoms. The number of aliphatic hydroxyl groups is 1. The molecular weight excluding hydrogens is 362 g/mol. The van der Waals surface area contributed by atoms with Crippen molar-refractivity contribution in [1.82, 2.24) is 4.31 Å². The minimum absolute atomic E-state index is 0.00760. The first-order chi connectivity index (χ1) is 12.8. The number of rotatable bonds is 10. The highest BCUT2D eigenvalue weighted by Crippen LogP contribution is 2.25. The number of β-amino-alcohol motifs (C(OH)–C–C–N with tert-alkyl or cyclic N) is 1. The first kappa shape index (κ1) is 21.8. The molecule has 0 aliphatic carbocycles. The molecule has 1 N–H and O–H groups in total. The Morgan fingerprint density at radius 1 is 1.15 bits per heavy atom. The van der Waals surface area contributed by atoms with Crippen LogP contribution in [0.1, 0.15) is 57.4 Å². The molecule has 1 atom stereocenters. The quantitative estimate of drug-likeness (QED) is 0.487. The van der Waals surface area contributed by atoms with Gasteiger partial charge in [-0.25, -0.2) is 8.42 Å². The third-order valence-corrected chi connectivity index (χ3v) is 6.77. The van der Waals surface area contributed by atoms with Crippen molar-refractivity contribution >= 4 is 15.8 Å². The molecule has 1 aliphatic rings. The predicted molar refractivity (Wildman–Crippen MR) is 107 cm³/mol. The highest BCUT2D eigenvalue weighted by Gasteiger charge is 2.35. The monoisotopic (exact) mass is 393 g/mol. The zero-order valence-electron chi connectivity index (χ0n) is 16.4. The number of carbonyl (C=O) groups is 1. The van der Waals surface area contributed by atoms with Crippen LogP contribution in [-0.2, 0) is 14.8 Å². The van der Waals surface area contributed by atoms with E-state index in [4.69, 9.17) is 0 Å². The Labute approximate surface area is 163 Å². The molecule has 1 aliphatic heterocycles. The van der Waals surface area contributed by atoms with Crippen molar-refractivity contribution in [3.63, 3.8) is 0 Å². The van der Waals surface area contributed by atoms with E-state index in [-0.39, 0.29) is 23.8 Å². The van der Waals surface area contributed by atoms with Crippen molar-refractivity contribution in [2.75, 3.05) is 13.1 Å². The number of unbranched alkanes of at least 4 members (excludes halogenated alkanes) is 5. The van der Waals surface area contributed by atoms with Gasteiger partial charge in [0.2, 0.25) is 10.0 Å². The summed E-state index contributed by atoms with van der Waals surface area (Å²) in [6.45, 7) is 4.13. The summed E-state index contributed by atoms with van der Waals surface area (Å²) in [5.41, 5.74) is 1.47. The highest BCUT2D eigenvalue weighted by molar-refractivity contribution is 7.89. The minimum atomic E-state index is -3.67. The van der Waals surface area contributed by atoms with Gasteiger partial charge in [0, 0.05) is 19.5 Å². The molecule has 1 unspecified atom stereocenters. The standard InChI is InChI=1S/C21H31NO4S/c1-3-4-5-6-7-8-9-19(23)14-18-15-22(16-21(18)24)27(25,26)20-12-10-17(2)11-13-20/h10-14,21,24H,3-9,15-16H2,1-2H3/b18-14-. The van der Waals surface area contributed by atoms with Crippen LogP contribution in [0.2, 0.25) is 0 Å². The summed E-state index contributed by atoms with van der Waals surface area (Å²) in [6.07, 6.45) is 7.63. The van der Waals surface area contributed by atoms with Crippen LogP contribution in [0, 0.1) is 6.92 Å². The number of nitrogens with zero attached hydrogens (tertiary/aromatic N) is 1. The lowest BCUT2D eigenvalue weighted by Crippen LogP contribution is -2.29. The molecule has 27 heavy (non-hydrogen) atoms. The molecule has 2 rings (SSSR count). The second-order valence-corrected chi connectivity index (χ2v) is 9.27. The Kier molecular flexibility index (Phi) is 8.20. The number of allylic oxidation sites excluding steroid dienone is 1. The van der Waals surface area contributed by atoms with Crippen LogP contribution < -0.4 is 0 Å². The van der Waals surface area contributed by atoms with Gasteiger partial charge >= 0.3 is 0 Å². The fraction of sp³-hybridized carbons (Fsp3) is 0.571. The lowest BCUT2D eigenvalue weighted by atomic mass is 10.1. The van der Waals surface area contributed by atoms with Gasteiger partial charge in [0.05, 0.1) is 11.0 Å². The van der Waals surface area contributed by atoms with Gasteiger partial charge in [-0.1, -0.05) is 56.7 Å². The fourth-order valence-corrected chi connectivity index (χ4v) is 4.66. The Morgan fingerprint density at radius 3 is 2.44 bits per heavy atom. The van der Waals surface area contributed by atoms with Gasteiger partial charge in [0.25, 0.3) is 0 Å². The molecule has 0 saturated carbocycles. The maximum atomic E-state index is 12.7. The Hall–Kier alpha value is -1.50. The summed E-state index contributed by atoms with van der Waals surface area (Å²) < 4.78 is 26.7. The average molecular weight is 394 g/mol. The van der Waals surface area contributed by atoms with Crippen LogP contribution in [0.4, 0.5) is 0 Å². The van der Waals surface area contributed by atoms with Gasteiger partial charge in [-0.15, -0.1) is 0 Å². The topological polar surface area (TPSA) is 74.7 Å². The van der Waals surface area contributed by atoms with Crippen LogP contribution in [0.25, 0.3) is 0 Å². The maximum absolute atomic E-state index is 12.7. The van der Waals surface area contributed by atoms with Crippen molar-refractivity contribution in [3.8, 4) is 0 Å². The number of aryl methyl sites for hydroxylation is 1. The molecule has 5 nitrogen and oxygen atoms in total. The van der Waals surface area contributed by atoms with Gasteiger partial charge in [-0.3, -0.25) is 4.79 Å².